The summed E-state index contributed by atoms with van der Waals surface area (Å²) in [5.41, 5.74) is 0. The summed E-state index contributed by atoms with van der Waals surface area (Å²) in [6, 6.07) is 0. The van der Waals surface area contributed by atoms with Gasteiger partial charge in [-0.1, -0.05) is 0 Å². The first-order valence-electron chi connectivity index (χ1n) is 3.60. The summed E-state index contributed by atoms with van der Waals surface area (Å²) < 4.78 is 5.17. The molecule has 4 atom stereocenters. The van der Waals surface area contributed by atoms with Crippen molar-refractivity contribution in [3.8, 4) is 0 Å². The van der Waals surface area contributed by atoms with Crippen molar-refractivity contribution in [3.05, 3.63) is 0 Å². The van der Waals surface area contributed by atoms with E-state index in [1.54, 1.807) is 0 Å². The number of aliphatic hydroxyl groups excluding tert-OH is 1. The summed E-state index contributed by atoms with van der Waals surface area (Å²) in [5, 5.41) is 9.28. The molecule has 2 aliphatic rings. The van der Waals surface area contributed by atoms with Gasteiger partial charge in [0.15, 0.2) is 0 Å². The van der Waals surface area contributed by atoms with E-state index < -0.39 is 0 Å². The van der Waals surface area contributed by atoms with Gasteiger partial charge in [-0.15, -0.1) is 0 Å². The van der Waals surface area contributed by atoms with Crippen LogP contribution in [0.1, 0.15) is 12.8 Å². The molecule has 10 heavy (non-hydrogen) atoms. The molecule has 2 rings (SSSR count). The molecular formula is C7H10O3. The third kappa shape index (κ3) is 0.777. The van der Waals surface area contributed by atoms with E-state index in [-0.39, 0.29) is 24.2 Å². The molecule has 0 aromatic rings. The zero-order valence-corrected chi connectivity index (χ0v) is 5.56. The molecule has 1 N–H and O–H groups in total. The number of carbonyl (C=O) groups excluding carboxylic acids is 1. The van der Waals surface area contributed by atoms with Crippen LogP contribution in [0.15, 0.2) is 0 Å². The summed E-state index contributed by atoms with van der Waals surface area (Å²) in [4.78, 5) is 10.1. The minimum Gasteiger partial charge on any atom is -0.393 e. The molecule has 0 aromatic carbocycles. The van der Waals surface area contributed by atoms with Crippen molar-refractivity contribution in [1.82, 2.24) is 0 Å². The fraction of sp³-hybridized carbons (Fsp3) is 0.857. The largest absolute Gasteiger partial charge is 0.393 e. The normalized spacial score (nSPS) is 50.5. The lowest BCUT2D eigenvalue weighted by atomic mass is 10.0. The highest BCUT2D eigenvalue weighted by Gasteiger charge is 2.54. The van der Waals surface area contributed by atoms with Crippen LogP contribution in [0.5, 0.6) is 0 Å². The topological polar surface area (TPSA) is 49.8 Å². The molecule has 0 amide bonds. The van der Waals surface area contributed by atoms with Crippen molar-refractivity contribution in [2.75, 3.05) is 0 Å². The second-order valence-corrected chi connectivity index (χ2v) is 3.01. The van der Waals surface area contributed by atoms with Crippen LogP contribution >= 0.6 is 0 Å². The number of carbonyl (C=O) groups is 1. The SMILES string of the molecule is O=CC[C@@H]1[C@H]2O[C@H]2C[C@H]1O. The van der Waals surface area contributed by atoms with Gasteiger partial charge in [0.05, 0.1) is 18.3 Å². The number of rotatable bonds is 2. The maximum Gasteiger partial charge on any atom is 0.120 e. The van der Waals surface area contributed by atoms with Crippen molar-refractivity contribution >= 4 is 6.29 Å². The van der Waals surface area contributed by atoms with E-state index in [9.17, 15) is 9.90 Å². The number of ether oxygens (including phenoxy) is 1. The Morgan fingerprint density at radius 1 is 1.70 bits per heavy atom. The summed E-state index contributed by atoms with van der Waals surface area (Å²) in [7, 11) is 0. The van der Waals surface area contributed by atoms with E-state index in [1.165, 1.54) is 0 Å². The molecule has 3 nitrogen and oxygen atoms in total. The standard InChI is InChI=1S/C7H10O3/c8-2-1-4-5(9)3-6-7(4)10-6/h2,4-7,9H,1,3H2/t4-,5+,6-,7+/m0/s1. The van der Waals surface area contributed by atoms with Crippen LogP contribution in [0.3, 0.4) is 0 Å². The zero-order chi connectivity index (χ0) is 7.14. The summed E-state index contributed by atoms with van der Waals surface area (Å²) in [6.45, 7) is 0. The maximum atomic E-state index is 10.1. The van der Waals surface area contributed by atoms with Crippen molar-refractivity contribution in [3.63, 3.8) is 0 Å². The predicted octanol–water partition coefficient (Wildman–Crippen LogP) is -0.276. The Kier molecular flexibility index (Phi) is 1.28. The van der Waals surface area contributed by atoms with Crippen LogP contribution < -0.4 is 0 Å². The molecule has 0 bridgehead atoms. The van der Waals surface area contributed by atoms with E-state index in [0.29, 0.717) is 6.42 Å². The molecule has 2 fully saturated rings. The van der Waals surface area contributed by atoms with Crippen LogP contribution in [-0.2, 0) is 9.53 Å². The molecule has 1 aliphatic carbocycles. The molecule has 56 valence electrons. The highest BCUT2D eigenvalue weighted by atomic mass is 16.6. The maximum absolute atomic E-state index is 10.1. The van der Waals surface area contributed by atoms with Gasteiger partial charge in [-0.3, -0.25) is 0 Å². The van der Waals surface area contributed by atoms with Gasteiger partial charge in [0.1, 0.15) is 6.29 Å². The fourth-order valence-corrected chi connectivity index (χ4v) is 1.76. The summed E-state index contributed by atoms with van der Waals surface area (Å²) in [5.74, 6) is 0.0856. The van der Waals surface area contributed by atoms with Gasteiger partial charge in [0.25, 0.3) is 0 Å². The molecular weight excluding hydrogens is 132 g/mol. The Morgan fingerprint density at radius 3 is 3.00 bits per heavy atom. The Labute approximate surface area is 59.0 Å². The monoisotopic (exact) mass is 142 g/mol. The molecule has 0 spiro atoms. The molecule has 0 aromatic heterocycles. The second-order valence-electron chi connectivity index (χ2n) is 3.01. The van der Waals surface area contributed by atoms with Gasteiger partial charge >= 0.3 is 0 Å². The van der Waals surface area contributed by atoms with E-state index >= 15 is 0 Å². The van der Waals surface area contributed by atoms with Crippen LogP contribution in [0.2, 0.25) is 0 Å². The Hall–Kier alpha value is -0.410. The van der Waals surface area contributed by atoms with E-state index in [4.69, 9.17) is 4.74 Å². The van der Waals surface area contributed by atoms with E-state index in [1.807, 2.05) is 0 Å². The number of epoxide rings is 1. The molecule has 1 heterocycles. The van der Waals surface area contributed by atoms with Gasteiger partial charge in [-0.2, -0.15) is 0 Å². The minimum atomic E-state index is -0.297. The Balaban J connectivity index is 1.98. The fourth-order valence-electron chi connectivity index (χ4n) is 1.76. The van der Waals surface area contributed by atoms with Crippen molar-refractivity contribution in [1.29, 1.82) is 0 Å². The molecule has 3 heteroatoms. The van der Waals surface area contributed by atoms with Crippen LogP contribution in [0.25, 0.3) is 0 Å². The average Bonchev–Trinajstić information content (AvgIpc) is 2.57. The van der Waals surface area contributed by atoms with Gasteiger partial charge in [-0.25, -0.2) is 0 Å². The number of hydrogen-bond acceptors (Lipinski definition) is 3. The van der Waals surface area contributed by atoms with Crippen molar-refractivity contribution < 1.29 is 14.6 Å². The predicted molar refractivity (Wildman–Crippen MR) is 33.5 cm³/mol. The zero-order valence-electron chi connectivity index (χ0n) is 5.56. The number of aliphatic hydroxyl groups is 1. The molecule has 1 saturated heterocycles. The quantitative estimate of drug-likeness (QED) is 0.426. The van der Waals surface area contributed by atoms with E-state index in [2.05, 4.69) is 0 Å². The average molecular weight is 142 g/mol. The van der Waals surface area contributed by atoms with Crippen molar-refractivity contribution in [2.45, 2.75) is 31.2 Å². The Morgan fingerprint density at radius 2 is 2.50 bits per heavy atom. The van der Waals surface area contributed by atoms with Gasteiger partial charge in [0, 0.05) is 18.8 Å². The Bertz CT molecular complexity index is 155. The van der Waals surface area contributed by atoms with Gasteiger partial charge in [0.2, 0.25) is 0 Å². The highest BCUT2D eigenvalue weighted by molar-refractivity contribution is 5.50. The van der Waals surface area contributed by atoms with E-state index in [0.717, 1.165) is 12.7 Å². The molecule has 1 saturated carbocycles. The van der Waals surface area contributed by atoms with Crippen LogP contribution in [0, 0.1) is 5.92 Å². The first kappa shape index (κ1) is 6.31. The number of aldehydes is 1. The third-order valence-corrected chi connectivity index (χ3v) is 2.38. The van der Waals surface area contributed by atoms with Crippen molar-refractivity contribution in [2.24, 2.45) is 5.92 Å². The minimum absolute atomic E-state index is 0.0856. The first-order valence-corrected chi connectivity index (χ1v) is 3.60. The summed E-state index contributed by atoms with van der Waals surface area (Å²) >= 11 is 0. The van der Waals surface area contributed by atoms with Crippen LogP contribution in [-0.4, -0.2) is 29.7 Å². The number of hydrogen-bond donors (Lipinski definition) is 1. The molecule has 0 radical (unpaired) electrons. The lowest BCUT2D eigenvalue weighted by Crippen LogP contribution is -2.20. The van der Waals surface area contributed by atoms with Gasteiger partial charge in [-0.05, 0) is 0 Å². The first-order chi connectivity index (χ1) is 4.83. The lowest BCUT2D eigenvalue weighted by molar-refractivity contribution is -0.109. The van der Waals surface area contributed by atoms with Crippen LogP contribution in [0.4, 0.5) is 0 Å². The highest BCUT2D eigenvalue weighted by Crippen LogP contribution is 2.44. The molecule has 1 aliphatic heterocycles. The summed E-state index contributed by atoms with van der Waals surface area (Å²) in [6.07, 6.45) is 2.19. The molecule has 0 unspecified atom stereocenters. The number of fused-ring (bicyclic) bond motifs is 1. The smallest absolute Gasteiger partial charge is 0.120 e. The second kappa shape index (κ2) is 2.04. The third-order valence-electron chi connectivity index (χ3n) is 2.38. The lowest BCUT2D eigenvalue weighted by Gasteiger charge is -2.12. The van der Waals surface area contributed by atoms with Gasteiger partial charge < -0.3 is 14.6 Å².